The molecule has 0 radical (unpaired) electrons. The maximum absolute atomic E-state index is 12.5. The highest BCUT2D eigenvalue weighted by atomic mass is 32.2. The maximum atomic E-state index is 12.5. The van der Waals surface area contributed by atoms with Crippen LogP contribution in [0, 0.1) is 0 Å². The number of para-hydroxylation sites is 1. The Hall–Kier alpha value is -2.54. The first-order valence-corrected chi connectivity index (χ1v) is 9.30. The first kappa shape index (κ1) is 18.8. The number of hydrogen-bond donors (Lipinski definition) is 0. The van der Waals surface area contributed by atoms with Crippen LogP contribution in [0.2, 0.25) is 0 Å². The first-order chi connectivity index (χ1) is 11.9. The average molecular weight is 363 g/mol. The van der Waals surface area contributed by atoms with Crippen molar-refractivity contribution in [2.45, 2.75) is 11.3 Å². The summed E-state index contributed by atoms with van der Waals surface area (Å²) in [5, 5.41) is 0. The summed E-state index contributed by atoms with van der Waals surface area (Å²) in [6, 6.07) is 13.5. The van der Waals surface area contributed by atoms with Crippen LogP contribution in [0.4, 0.5) is 5.69 Å². The summed E-state index contributed by atoms with van der Waals surface area (Å²) >= 11 is 0. The summed E-state index contributed by atoms with van der Waals surface area (Å²) in [5.74, 6) is 0.228. The third kappa shape index (κ3) is 4.51. The summed E-state index contributed by atoms with van der Waals surface area (Å²) in [5.41, 5.74) is 0.719. The molecule has 0 aliphatic heterocycles. The largest absolute Gasteiger partial charge is 0.493 e. The minimum Gasteiger partial charge on any atom is -0.493 e. The van der Waals surface area contributed by atoms with Crippen LogP contribution in [0.25, 0.3) is 0 Å². The lowest BCUT2D eigenvalue weighted by molar-refractivity contribution is -0.117. The van der Waals surface area contributed by atoms with Crippen LogP contribution in [0.15, 0.2) is 53.4 Å². The van der Waals surface area contributed by atoms with Gasteiger partial charge < -0.3 is 14.4 Å². The van der Waals surface area contributed by atoms with Gasteiger partial charge in [-0.2, -0.15) is 0 Å². The predicted octanol–water partition coefficient (Wildman–Crippen LogP) is 2.53. The molecule has 0 bridgehead atoms. The van der Waals surface area contributed by atoms with Gasteiger partial charge in [0.05, 0.1) is 24.9 Å². The molecule has 2 aromatic rings. The van der Waals surface area contributed by atoms with Gasteiger partial charge in [-0.1, -0.05) is 18.2 Å². The molecule has 0 aliphatic rings. The lowest BCUT2D eigenvalue weighted by Crippen LogP contribution is -2.28. The smallest absolute Gasteiger partial charge is 0.227 e. The zero-order valence-corrected chi connectivity index (χ0v) is 15.2. The number of nitrogens with zero attached hydrogens (tertiary/aromatic N) is 1. The minimum absolute atomic E-state index is 0.0975. The van der Waals surface area contributed by atoms with E-state index < -0.39 is 9.84 Å². The highest BCUT2D eigenvalue weighted by molar-refractivity contribution is 7.91. The fourth-order valence-electron chi connectivity index (χ4n) is 2.31. The summed E-state index contributed by atoms with van der Waals surface area (Å²) in [4.78, 5) is 13.8. The Morgan fingerprint density at radius 2 is 1.64 bits per heavy atom. The Balaban J connectivity index is 2.10. The van der Waals surface area contributed by atoms with Crippen LogP contribution in [0.1, 0.15) is 6.42 Å². The zero-order chi connectivity index (χ0) is 18.4. The number of benzene rings is 2. The Bertz CT molecular complexity index is 834. The molecular weight excluding hydrogens is 342 g/mol. The van der Waals surface area contributed by atoms with Crippen molar-refractivity contribution in [3.8, 4) is 11.5 Å². The molecule has 2 aromatic carbocycles. The van der Waals surface area contributed by atoms with Gasteiger partial charge in [0.25, 0.3) is 0 Å². The zero-order valence-electron chi connectivity index (χ0n) is 14.4. The molecule has 0 saturated heterocycles. The van der Waals surface area contributed by atoms with Gasteiger partial charge in [0.15, 0.2) is 21.3 Å². The van der Waals surface area contributed by atoms with Gasteiger partial charge in [-0.3, -0.25) is 4.79 Å². The van der Waals surface area contributed by atoms with Crippen LogP contribution >= 0.6 is 0 Å². The molecule has 2 rings (SSSR count). The Kier molecular flexibility index (Phi) is 6.03. The predicted molar refractivity (Wildman–Crippen MR) is 96.1 cm³/mol. The van der Waals surface area contributed by atoms with Crippen molar-refractivity contribution in [1.29, 1.82) is 0 Å². The van der Waals surface area contributed by atoms with E-state index in [-0.39, 0.29) is 23.0 Å². The van der Waals surface area contributed by atoms with Crippen molar-refractivity contribution in [1.82, 2.24) is 0 Å². The number of sulfone groups is 1. The van der Waals surface area contributed by atoms with E-state index in [1.54, 1.807) is 19.2 Å². The fraction of sp³-hybridized carbons (Fsp3) is 0.278. The molecule has 1 amide bonds. The molecule has 7 heteroatoms. The normalized spacial score (nSPS) is 11.0. The average Bonchev–Trinajstić information content (AvgIpc) is 2.65. The van der Waals surface area contributed by atoms with E-state index in [0.29, 0.717) is 11.5 Å². The molecule has 0 heterocycles. The summed E-state index contributed by atoms with van der Waals surface area (Å²) in [6.07, 6.45) is -0.109. The molecule has 134 valence electrons. The molecular formula is C18H21NO5S. The van der Waals surface area contributed by atoms with Crippen LogP contribution in [-0.2, 0) is 14.6 Å². The molecule has 0 aliphatic carbocycles. The number of rotatable bonds is 7. The number of ether oxygens (including phenoxy) is 2. The summed E-state index contributed by atoms with van der Waals surface area (Å²) in [7, 11) is 0.927. The van der Waals surface area contributed by atoms with E-state index in [9.17, 15) is 13.2 Å². The third-order valence-electron chi connectivity index (χ3n) is 3.82. The SMILES string of the molecule is COc1ccc(S(=O)(=O)CCC(=O)N(C)c2ccccc2)cc1OC. The van der Waals surface area contributed by atoms with E-state index in [1.165, 1.54) is 37.3 Å². The molecule has 25 heavy (non-hydrogen) atoms. The topological polar surface area (TPSA) is 72.9 Å². The molecule has 0 N–H and O–H groups in total. The van der Waals surface area contributed by atoms with Gasteiger partial charge in [0, 0.05) is 25.2 Å². The minimum atomic E-state index is -3.61. The van der Waals surface area contributed by atoms with Gasteiger partial charge in [-0.05, 0) is 24.3 Å². The van der Waals surface area contributed by atoms with Gasteiger partial charge in [0.1, 0.15) is 0 Å². The summed E-state index contributed by atoms with van der Waals surface area (Å²) in [6.45, 7) is 0. The maximum Gasteiger partial charge on any atom is 0.227 e. The molecule has 0 aromatic heterocycles. The second kappa shape index (κ2) is 8.02. The van der Waals surface area contributed by atoms with E-state index >= 15 is 0 Å². The van der Waals surface area contributed by atoms with Crippen molar-refractivity contribution >= 4 is 21.4 Å². The standard InChI is InChI=1S/C18H21NO5S/c1-19(14-7-5-4-6-8-14)18(20)11-12-25(21,22)15-9-10-16(23-2)17(13-15)24-3/h4-10,13H,11-12H2,1-3H3. The lowest BCUT2D eigenvalue weighted by Gasteiger charge is -2.17. The fourth-order valence-corrected chi connectivity index (χ4v) is 3.55. The second-order valence-corrected chi connectivity index (χ2v) is 7.48. The second-order valence-electron chi connectivity index (χ2n) is 5.37. The molecule has 0 unspecified atom stereocenters. The van der Waals surface area contributed by atoms with Crippen molar-refractivity contribution < 1.29 is 22.7 Å². The Labute approximate surface area is 147 Å². The number of amides is 1. The summed E-state index contributed by atoms with van der Waals surface area (Å²) < 4.78 is 35.2. The van der Waals surface area contributed by atoms with Gasteiger partial charge in [-0.25, -0.2) is 8.42 Å². The van der Waals surface area contributed by atoms with Crippen LogP contribution < -0.4 is 14.4 Å². The number of methoxy groups -OCH3 is 2. The van der Waals surface area contributed by atoms with Crippen molar-refractivity contribution in [2.24, 2.45) is 0 Å². The quantitative estimate of drug-likeness (QED) is 0.756. The highest BCUT2D eigenvalue weighted by Gasteiger charge is 2.20. The number of carbonyl (C=O) groups is 1. The molecule has 0 atom stereocenters. The first-order valence-electron chi connectivity index (χ1n) is 7.65. The van der Waals surface area contributed by atoms with Crippen molar-refractivity contribution in [2.75, 3.05) is 31.9 Å². The van der Waals surface area contributed by atoms with Gasteiger partial charge >= 0.3 is 0 Å². The highest BCUT2D eigenvalue weighted by Crippen LogP contribution is 2.30. The van der Waals surface area contributed by atoms with Crippen LogP contribution in [0.3, 0.4) is 0 Å². The van der Waals surface area contributed by atoms with E-state index in [4.69, 9.17) is 9.47 Å². The monoisotopic (exact) mass is 363 g/mol. The van der Waals surface area contributed by atoms with E-state index in [1.807, 2.05) is 18.2 Å². The van der Waals surface area contributed by atoms with Gasteiger partial charge in [0.2, 0.25) is 5.91 Å². The number of hydrogen-bond acceptors (Lipinski definition) is 5. The van der Waals surface area contributed by atoms with Crippen molar-refractivity contribution in [3.05, 3.63) is 48.5 Å². The van der Waals surface area contributed by atoms with E-state index in [2.05, 4.69) is 0 Å². The molecule has 0 spiro atoms. The third-order valence-corrected chi connectivity index (χ3v) is 5.53. The van der Waals surface area contributed by atoms with Crippen LogP contribution in [0.5, 0.6) is 11.5 Å². The Morgan fingerprint density at radius 3 is 2.24 bits per heavy atom. The lowest BCUT2D eigenvalue weighted by atomic mass is 10.3. The van der Waals surface area contributed by atoms with Crippen molar-refractivity contribution in [3.63, 3.8) is 0 Å². The van der Waals surface area contributed by atoms with Crippen LogP contribution in [-0.4, -0.2) is 41.3 Å². The molecule has 0 fully saturated rings. The molecule has 0 saturated carbocycles. The number of anilines is 1. The molecule has 6 nitrogen and oxygen atoms in total. The van der Waals surface area contributed by atoms with E-state index in [0.717, 1.165) is 5.69 Å². The number of carbonyl (C=O) groups excluding carboxylic acids is 1. The van der Waals surface area contributed by atoms with Gasteiger partial charge in [-0.15, -0.1) is 0 Å². The Morgan fingerprint density at radius 1 is 1.00 bits per heavy atom.